The summed E-state index contributed by atoms with van der Waals surface area (Å²) in [7, 11) is 1.65. The second-order valence-corrected chi connectivity index (χ2v) is 7.64. The molecule has 1 saturated heterocycles. The number of nitrogens with one attached hydrogen (secondary N) is 1. The predicted octanol–water partition coefficient (Wildman–Crippen LogP) is 3.23. The molecule has 0 bridgehead atoms. The minimum Gasteiger partial charge on any atom is -0.357 e. The van der Waals surface area contributed by atoms with Crippen molar-refractivity contribution in [3.05, 3.63) is 58.8 Å². The number of pyridine rings is 1. The number of nitrogens with two attached hydrogens (primary N) is 1. The van der Waals surface area contributed by atoms with Gasteiger partial charge in [0.05, 0.1) is 0 Å². The Bertz CT molecular complexity index is 840. The van der Waals surface area contributed by atoms with Crippen molar-refractivity contribution in [2.75, 3.05) is 25.0 Å². The zero-order valence-electron chi connectivity index (χ0n) is 15.5. The number of anilines is 1. The number of piperidine rings is 1. The number of carbonyl (C=O) groups excluding carboxylic acids is 1. The SMILES string of the molecule is C.CNC(=O)c1cc(C)nc(N2CCC3(CC2)Cc2ccccc2[C@H]3N)c1. The molecule has 1 fully saturated rings. The van der Waals surface area contributed by atoms with Crippen molar-refractivity contribution < 1.29 is 4.79 Å². The number of fused-ring (bicyclic) bond motifs is 1. The van der Waals surface area contributed by atoms with Gasteiger partial charge in [0.2, 0.25) is 0 Å². The van der Waals surface area contributed by atoms with Crippen LogP contribution in [0.2, 0.25) is 0 Å². The minimum absolute atomic E-state index is 0. The van der Waals surface area contributed by atoms with Crippen LogP contribution in [0.5, 0.6) is 0 Å². The normalized spacial score (nSPS) is 20.1. The summed E-state index contributed by atoms with van der Waals surface area (Å²) < 4.78 is 0. The van der Waals surface area contributed by atoms with Crippen LogP contribution in [0.25, 0.3) is 0 Å². The van der Waals surface area contributed by atoms with E-state index in [0.29, 0.717) is 5.56 Å². The first-order valence-corrected chi connectivity index (χ1v) is 9.31. The van der Waals surface area contributed by atoms with E-state index >= 15 is 0 Å². The second-order valence-electron chi connectivity index (χ2n) is 7.64. The molecular formula is C22H30N4O. The Hall–Kier alpha value is -2.40. The third-order valence-corrected chi connectivity index (χ3v) is 6.10. The molecule has 3 N–H and O–H groups in total. The number of benzene rings is 1. The molecule has 1 atom stereocenters. The minimum atomic E-state index is -0.0708. The molecule has 0 radical (unpaired) electrons. The summed E-state index contributed by atoms with van der Waals surface area (Å²) in [6, 6.07) is 12.4. The highest BCUT2D eigenvalue weighted by molar-refractivity contribution is 5.94. The first-order valence-electron chi connectivity index (χ1n) is 9.31. The zero-order chi connectivity index (χ0) is 18.3. The van der Waals surface area contributed by atoms with Crippen LogP contribution in [-0.4, -0.2) is 31.0 Å². The highest BCUT2D eigenvalue weighted by Gasteiger charge is 2.45. The first kappa shape index (κ1) is 19.4. The number of hydrogen-bond donors (Lipinski definition) is 2. The Morgan fingerprint density at radius 2 is 1.96 bits per heavy atom. The van der Waals surface area contributed by atoms with Crippen LogP contribution in [-0.2, 0) is 6.42 Å². The number of hydrogen-bond acceptors (Lipinski definition) is 4. The summed E-state index contributed by atoms with van der Waals surface area (Å²) in [5, 5.41) is 2.69. The van der Waals surface area contributed by atoms with Crippen molar-refractivity contribution in [3.8, 4) is 0 Å². The maximum absolute atomic E-state index is 12.0. The molecule has 4 rings (SSSR count). The van der Waals surface area contributed by atoms with Gasteiger partial charge in [0, 0.05) is 37.4 Å². The quantitative estimate of drug-likeness (QED) is 0.856. The van der Waals surface area contributed by atoms with Crippen LogP contribution in [0, 0.1) is 12.3 Å². The lowest BCUT2D eigenvalue weighted by Gasteiger charge is -2.42. The second kappa shape index (κ2) is 7.31. The van der Waals surface area contributed by atoms with Gasteiger partial charge in [0.1, 0.15) is 5.82 Å². The molecule has 1 aromatic heterocycles. The van der Waals surface area contributed by atoms with Gasteiger partial charge in [-0.25, -0.2) is 4.98 Å². The smallest absolute Gasteiger partial charge is 0.251 e. The van der Waals surface area contributed by atoms with Gasteiger partial charge in [0.15, 0.2) is 0 Å². The molecule has 0 saturated carbocycles. The van der Waals surface area contributed by atoms with Gasteiger partial charge in [-0.3, -0.25) is 4.79 Å². The van der Waals surface area contributed by atoms with Crippen molar-refractivity contribution in [1.29, 1.82) is 0 Å². The molecule has 2 heterocycles. The number of amides is 1. The van der Waals surface area contributed by atoms with Gasteiger partial charge in [-0.1, -0.05) is 31.7 Å². The molecule has 1 amide bonds. The Morgan fingerprint density at radius 1 is 1.26 bits per heavy atom. The molecule has 5 heteroatoms. The third-order valence-electron chi connectivity index (χ3n) is 6.10. The van der Waals surface area contributed by atoms with E-state index in [4.69, 9.17) is 5.73 Å². The van der Waals surface area contributed by atoms with Crippen molar-refractivity contribution in [2.45, 2.75) is 39.7 Å². The molecule has 27 heavy (non-hydrogen) atoms. The predicted molar refractivity (Wildman–Crippen MR) is 110 cm³/mol. The largest absolute Gasteiger partial charge is 0.357 e. The summed E-state index contributed by atoms with van der Waals surface area (Å²) >= 11 is 0. The molecule has 5 nitrogen and oxygen atoms in total. The van der Waals surface area contributed by atoms with Gasteiger partial charge in [-0.05, 0) is 54.9 Å². The van der Waals surface area contributed by atoms with Crippen molar-refractivity contribution in [1.82, 2.24) is 10.3 Å². The van der Waals surface area contributed by atoms with E-state index in [0.717, 1.165) is 43.9 Å². The molecular weight excluding hydrogens is 336 g/mol. The number of carbonyl (C=O) groups is 1. The fourth-order valence-corrected chi connectivity index (χ4v) is 4.58. The number of rotatable bonds is 2. The standard InChI is InChI=1S/C21H26N4O.CH4/c1-14-11-16(20(26)23-2)12-18(24-14)25-9-7-21(8-10-25)13-15-5-3-4-6-17(15)19(21)22;/h3-6,11-12,19H,7-10,13,22H2,1-2H3,(H,23,26);1H4/t19-;/m1./s1. The van der Waals surface area contributed by atoms with E-state index in [2.05, 4.69) is 39.5 Å². The van der Waals surface area contributed by atoms with E-state index < -0.39 is 0 Å². The average molecular weight is 367 g/mol. The Labute approximate surface area is 162 Å². The number of aromatic nitrogens is 1. The molecule has 2 aliphatic rings. The summed E-state index contributed by atoms with van der Waals surface area (Å²) in [6.45, 7) is 3.78. The van der Waals surface area contributed by atoms with E-state index in [1.807, 2.05) is 19.1 Å². The summed E-state index contributed by atoms with van der Waals surface area (Å²) in [4.78, 5) is 19.0. The van der Waals surface area contributed by atoms with E-state index in [9.17, 15) is 4.79 Å². The lowest BCUT2D eigenvalue weighted by atomic mass is 9.73. The Kier molecular flexibility index (Phi) is 5.24. The molecule has 1 aromatic carbocycles. The molecule has 1 spiro atoms. The summed E-state index contributed by atoms with van der Waals surface area (Å²) in [5.41, 5.74) is 11.1. The summed E-state index contributed by atoms with van der Waals surface area (Å²) in [6.07, 6.45) is 3.17. The maximum atomic E-state index is 12.0. The van der Waals surface area contributed by atoms with Crippen LogP contribution in [0.15, 0.2) is 36.4 Å². The van der Waals surface area contributed by atoms with Crippen molar-refractivity contribution >= 4 is 11.7 Å². The van der Waals surface area contributed by atoms with Crippen LogP contribution in [0.1, 0.15) is 53.5 Å². The molecule has 2 aromatic rings. The monoisotopic (exact) mass is 366 g/mol. The molecule has 0 unspecified atom stereocenters. The Balaban J connectivity index is 0.00000210. The maximum Gasteiger partial charge on any atom is 0.251 e. The fraction of sp³-hybridized carbons (Fsp3) is 0.455. The van der Waals surface area contributed by atoms with Crippen LogP contribution >= 0.6 is 0 Å². The van der Waals surface area contributed by atoms with Gasteiger partial charge in [0.25, 0.3) is 5.91 Å². The van der Waals surface area contributed by atoms with Crippen LogP contribution < -0.4 is 16.0 Å². The van der Waals surface area contributed by atoms with Crippen molar-refractivity contribution in [2.24, 2.45) is 11.1 Å². The van der Waals surface area contributed by atoms with Gasteiger partial charge < -0.3 is 16.0 Å². The first-order chi connectivity index (χ1) is 12.5. The van der Waals surface area contributed by atoms with Crippen LogP contribution in [0.4, 0.5) is 5.82 Å². The zero-order valence-corrected chi connectivity index (χ0v) is 15.5. The lowest BCUT2D eigenvalue weighted by molar-refractivity contribution is 0.0963. The molecule has 144 valence electrons. The van der Waals surface area contributed by atoms with Gasteiger partial charge in [-0.2, -0.15) is 0 Å². The molecule has 1 aliphatic heterocycles. The van der Waals surface area contributed by atoms with Crippen molar-refractivity contribution in [3.63, 3.8) is 0 Å². The van der Waals surface area contributed by atoms with Crippen LogP contribution in [0.3, 0.4) is 0 Å². The highest BCUT2D eigenvalue weighted by atomic mass is 16.1. The number of nitrogens with zero attached hydrogens (tertiary/aromatic N) is 2. The topological polar surface area (TPSA) is 71.2 Å². The average Bonchev–Trinajstić information content (AvgIpc) is 2.93. The highest BCUT2D eigenvalue weighted by Crippen LogP contribution is 2.50. The Morgan fingerprint density at radius 3 is 2.63 bits per heavy atom. The summed E-state index contributed by atoms with van der Waals surface area (Å²) in [5.74, 6) is 0.820. The van der Waals surface area contributed by atoms with Gasteiger partial charge in [-0.15, -0.1) is 0 Å². The molecule has 1 aliphatic carbocycles. The van der Waals surface area contributed by atoms with E-state index in [1.165, 1.54) is 11.1 Å². The van der Waals surface area contributed by atoms with E-state index in [-0.39, 0.29) is 24.8 Å². The number of aryl methyl sites for hydroxylation is 1. The van der Waals surface area contributed by atoms with Gasteiger partial charge >= 0.3 is 0 Å². The lowest BCUT2D eigenvalue weighted by Crippen LogP contribution is -2.44. The fourth-order valence-electron chi connectivity index (χ4n) is 4.58. The third kappa shape index (κ3) is 3.32. The van der Waals surface area contributed by atoms with E-state index in [1.54, 1.807) is 7.05 Å².